The zero-order valence-corrected chi connectivity index (χ0v) is 10.8. The van der Waals surface area contributed by atoms with Gasteiger partial charge in [-0.15, -0.1) is 0 Å². The van der Waals surface area contributed by atoms with Crippen LogP contribution in [0.3, 0.4) is 0 Å². The Morgan fingerprint density at radius 1 is 1.47 bits per heavy atom. The largest absolute Gasteiger partial charge is 0.343 e. The van der Waals surface area contributed by atoms with E-state index in [4.69, 9.17) is 0 Å². The molecular weight excluding hydrogens is 206 g/mol. The van der Waals surface area contributed by atoms with Gasteiger partial charge in [-0.05, 0) is 37.2 Å². The molecule has 1 aliphatic heterocycles. The van der Waals surface area contributed by atoms with E-state index in [0.717, 1.165) is 38.3 Å². The fourth-order valence-corrected chi connectivity index (χ4v) is 2.56. The van der Waals surface area contributed by atoms with Crippen molar-refractivity contribution in [1.29, 1.82) is 0 Å². The molecule has 15 heavy (non-hydrogen) atoms. The zero-order valence-electron chi connectivity index (χ0n) is 10.00. The molecule has 1 unspecified atom stereocenters. The fourth-order valence-electron chi connectivity index (χ4n) is 2.14. The first kappa shape index (κ1) is 12.9. The molecule has 0 bridgehead atoms. The number of thioether (sulfide) groups is 1. The van der Waals surface area contributed by atoms with E-state index in [9.17, 15) is 4.79 Å². The first-order valence-electron chi connectivity index (χ1n) is 6.04. The molecule has 0 aromatic carbocycles. The van der Waals surface area contributed by atoms with E-state index in [1.54, 1.807) is 0 Å². The van der Waals surface area contributed by atoms with Crippen LogP contribution >= 0.6 is 11.8 Å². The van der Waals surface area contributed by atoms with Crippen molar-refractivity contribution in [3.63, 3.8) is 0 Å². The van der Waals surface area contributed by atoms with Crippen LogP contribution in [0.4, 0.5) is 0 Å². The molecule has 1 atom stereocenters. The Labute approximate surface area is 97.8 Å². The first-order valence-corrected chi connectivity index (χ1v) is 7.44. The molecule has 0 aliphatic carbocycles. The number of hydrogen-bond acceptors (Lipinski definition) is 2. The third-order valence-electron chi connectivity index (χ3n) is 3.28. The van der Waals surface area contributed by atoms with Crippen LogP contribution in [0, 0.1) is 5.92 Å². The number of carbonyl (C=O) groups excluding carboxylic acids is 1. The number of rotatable bonds is 5. The van der Waals surface area contributed by atoms with Crippen LogP contribution in [0.25, 0.3) is 0 Å². The quantitative estimate of drug-likeness (QED) is 0.676. The predicted molar refractivity (Wildman–Crippen MR) is 67.2 cm³/mol. The third-order valence-corrected chi connectivity index (χ3v) is 3.98. The van der Waals surface area contributed by atoms with Gasteiger partial charge >= 0.3 is 0 Å². The molecule has 1 fully saturated rings. The molecule has 0 aromatic heterocycles. The van der Waals surface area contributed by atoms with E-state index in [2.05, 4.69) is 18.1 Å². The van der Waals surface area contributed by atoms with Gasteiger partial charge in [0.05, 0.1) is 0 Å². The lowest BCUT2D eigenvalue weighted by molar-refractivity contribution is -0.130. The van der Waals surface area contributed by atoms with Crippen molar-refractivity contribution >= 4 is 17.7 Å². The van der Waals surface area contributed by atoms with Crippen LogP contribution in [0.5, 0.6) is 0 Å². The number of hydrogen-bond donors (Lipinski definition) is 0. The third kappa shape index (κ3) is 4.45. The van der Waals surface area contributed by atoms with Crippen LogP contribution < -0.4 is 0 Å². The molecule has 0 aromatic rings. The van der Waals surface area contributed by atoms with E-state index >= 15 is 0 Å². The lowest BCUT2D eigenvalue weighted by Crippen LogP contribution is -2.31. The van der Waals surface area contributed by atoms with Crippen molar-refractivity contribution < 1.29 is 4.79 Å². The van der Waals surface area contributed by atoms with Gasteiger partial charge in [-0.25, -0.2) is 0 Å². The van der Waals surface area contributed by atoms with Crippen molar-refractivity contribution in [2.75, 3.05) is 25.1 Å². The standard InChI is InChI=1S/C12H23NOS/c1-3-11-5-6-12(14)13(9-7-11)8-4-10-15-2/h11H,3-10H2,1-2H3. The molecule has 1 rings (SSSR count). The molecular formula is C12H23NOS. The minimum absolute atomic E-state index is 0.382. The Kier molecular flexibility index (Phi) is 6.15. The molecule has 0 spiro atoms. The van der Waals surface area contributed by atoms with Crippen molar-refractivity contribution in [2.45, 2.75) is 39.0 Å². The van der Waals surface area contributed by atoms with Gasteiger partial charge in [0, 0.05) is 19.5 Å². The number of likely N-dealkylation sites (tertiary alicyclic amines) is 1. The van der Waals surface area contributed by atoms with E-state index < -0.39 is 0 Å². The van der Waals surface area contributed by atoms with Crippen LogP contribution in [-0.4, -0.2) is 35.9 Å². The highest BCUT2D eigenvalue weighted by molar-refractivity contribution is 7.98. The van der Waals surface area contributed by atoms with E-state index in [1.807, 2.05) is 11.8 Å². The van der Waals surface area contributed by atoms with Gasteiger partial charge in [0.25, 0.3) is 0 Å². The van der Waals surface area contributed by atoms with E-state index in [-0.39, 0.29) is 0 Å². The summed E-state index contributed by atoms with van der Waals surface area (Å²) in [6, 6.07) is 0. The first-order chi connectivity index (χ1) is 7.27. The zero-order chi connectivity index (χ0) is 11.1. The number of nitrogens with zero attached hydrogens (tertiary/aromatic N) is 1. The highest BCUT2D eigenvalue weighted by Gasteiger charge is 2.20. The maximum Gasteiger partial charge on any atom is 0.222 e. The van der Waals surface area contributed by atoms with Gasteiger partial charge in [0.15, 0.2) is 0 Å². The maximum atomic E-state index is 11.8. The Bertz CT molecular complexity index is 196. The SMILES string of the molecule is CCC1CCC(=O)N(CCCSC)CC1. The molecule has 2 nitrogen and oxygen atoms in total. The summed E-state index contributed by atoms with van der Waals surface area (Å²) in [7, 11) is 0. The molecule has 0 N–H and O–H groups in total. The van der Waals surface area contributed by atoms with Crippen molar-refractivity contribution in [3.05, 3.63) is 0 Å². The van der Waals surface area contributed by atoms with Crippen molar-refractivity contribution in [3.8, 4) is 0 Å². The van der Waals surface area contributed by atoms with E-state index in [0.29, 0.717) is 5.91 Å². The highest BCUT2D eigenvalue weighted by atomic mass is 32.2. The average molecular weight is 229 g/mol. The normalized spacial score (nSPS) is 22.9. The summed E-state index contributed by atoms with van der Waals surface area (Å²) in [6.45, 7) is 4.19. The monoisotopic (exact) mass is 229 g/mol. The summed E-state index contributed by atoms with van der Waals surface area (Å²) in [5.74, 6) is 2.33. The molecule has 88 valence electrons. The smallest absolute Gasteiger partial charge is 0.222 e. The molecule has 1 heterocycles. The average Bonchev–Trinajstić information content (AvgIpc) is 2.42. The lowest BCUT2D eigenvalue weighted by Gasteiger charge is -2.20. The highest BCUT2D eigenvalue weighted by Crippen LogP contribution is 2.21. The van der Waals surface area contributed by atoms with Crippen LogP contribution in [0.15, 0.2) is 0 Å². The summed E-state index contributed by atoms with van der Waals surface area (Å²) < 4.78 is 0. The topological polar surface area (TPSA) is 20.3 Å². The minimum Gasteiger partial charge on any atom is -0.343 e. The summed E-state index contributed by atoms with van der Waals surface area (Å²) in [4.78, 5) is 13.9. The molecule has 1 amide bonds. The second-order valence-electron chi connectivity index (χ2n) is 4.33. The second-order valence-corrected chi connectivity index (χ2v) is 5.31. The molecule has 3 heteroatoms. The molecule has 0 saturated carbocycles. The van der Waals surface area contributed by atoms with Gasteiger partial charge in [-0.1, -0.05) is 13.3 Å². The summed E-state index contributed by atoms with van der Waals surface area (Å²) in [5.41, 5.74) is 0. The molecule has 1 saturated heterocycles. The lowest BCUT2D eigenvalue weighted by atomic mass is 9.98. The predicted octanol–water partition coefficient (Wildman–Crippen LogP) is 2.78. The molecule has 1 aliphatic rings. The summed E-state index contributed by atoms with van der Waals surface area (Å²) >= 11 is 1.86. The Hall–Kier alpha value is -0.180. The van der Waals surface area contributed by atoms with Gasteiger partial charge in [-0.3, -0.25) is 4.79 Å². The van der Waals surface area contributed by atoms with Gasteiger partial charge in [0.2, 0.25) is 5.91 Å². The van der Waals surface area contributed by atoms with E-state index in [1.165, 1.54) is 18.6 Å². The fraction of sp³-hybridized carbons (Fsp3) is 0.917. The van der Waals surface area contributed by atoms with Crippen LogP contribution in [0.1, 0.15) is 39.0 Å². The van der Waals surface area contributed by atoms with Crippen molar-refractivity contribution in [2.24, 2.45) is 5.92 Å². The Morgan fingerprint density at radius 2 is 2.27 bits per heavy atom. The van der Waals surface area contributed by atoms with Crippen LogP contribution in [-0.2, 0) is 4.79 Å². The van der Waals surface area contributed by atoms with Crippen LogP contribution in [0.2, 0.25) is 0 Å². The number of amides is 1. The van der Waals surface area contributed by atoms with Crippen molar-refractivity contribution in [1.82, 2.24) is 4.90 Å². The minimum atomic E-state index is 0.382. The Balaban J connectivity index is 2.33. The van der Waals surface area contributed by atoms with Gasteiger partial charge in [0.1, 0.15) is 0 Å². The summed E-state index contributed by atoms with van der Waals surface area (Å²) in [5, 5.41) is 0. The second kappa shape index (κ2) is 7.15. The van der Waals surface area contributed by atoms with Gasteiger partial charge < -0.3 is 4.90 Å². The summed E-state index contributed by atoms with van der Waals surface area (Å²) in [6.07, 6.45) is 7.58. The maximum absolute atomic E-state index is 11.8. The van der Waals surface area contributed by atoms with Gasteiger partial charge in [-0.2, -0.15) is 11.8 Å². The molecule has 0 radical (unpaired) electrons. The Morgan fingerprint density at radius 3 is 2.93 bits per heavy atom. The number of carbonyl (C=O) groups is 1.